The lowest BCUT2D eigenvalue weighted by Crippen LogP contribution is -2.44. The van der Waals surface area contributed by atoms with Crippen LogP contribution in [0.3, 0.4) is 0 Å². The molecule has 2 N–H and O–H groups in total. The fourth-order valence-electron chi connectivity index (χ4n) is 2.48. The molecule has 0 aromatic carbocycles. The molecule has 1 fully saturated rings. The van der Waals surface area contributed by atoms with Gasteiger partial charge >= 0.3 is 0 Å². The van der Waals surface area contributed by atoms with Gasteiger partial charge in [-0.1, -0.05) is 12.8 Å². The van der Waals surface area contributed by atoms with Crippen LogP contribution in [0, 0.1) is 0 Å². The topological polar surface area (TPSA) is 49.9 Å². The summed E-state index contributed by atoms with van der Waals surface area (Å²) in [6, 6.07) is 0.808. The van der Waals surface area contributed by atoms with Crippen molar-refractivity contribution in [3.8, 4) is 0 Å². The number of nitrogens with zero attached hydrogens (tertiary/aromatic N) is 1. The molecule has 1 saturated carbocycles. The highest BCUT2D eigenvalue weighted by Gasteiger charge is 2.26. The fourth-order valence-corrected chi connectivity index (χ4v) is 2.48. The average Bonchev–Trinajstić information content (AvgIpc) is 2.83. The first-order valence-electron chi connectivity index (χ1n) is 6.08. The van der Waals surface area contributed by atoms with Gasteiger partial charge in [0.1, 0.15) is 0 Å². The number of H-pyrrole nitrogens is 1. The number of aromatic nitrogens is 2. The predicted molar refractivity (Wildman–Crippen MR) is 63.2 cm³/mol. The van der Waals surface area contributed by atoms with E-state index in [1.807, 2.05) is 19.5 Å². The van der Waals surface area contributed by atoms with Crippen LogP contribution in [-0.2, 0) is 4.74 Å². The zero-order valence-corrected chi connectivity index (χ0v) is 10.1. The number of ether oxygens (including phenoxy) is 1. The van der Waals surface area contributed by atoms with Gasteiger partial charge in [-0.15, -0.1) is 0 Å². The number of nitrogens with one attached hydrogen (secondary N) is 2. The van der Waals surface area contributed by atoms with Crippen molar-refractivity contribution < 1.29 is 4.74 Å². The predicted octanol–water partition coefficient (Wildman–Crippen LogP) is 2.02. The molecule has 0 aliphatic heterocycles. The Balaban J connectivity index is 1.92. The molecule has 1 aromatic rings. The summed E-state index contributed by atoms with van der Waals surface area (Å²) in [4.78, 5) is 0. The summed E-state index contributed by atoms with van der Waals surface area (Å²) in [6.45, 7) is 2.17. The summed E-state index contributed by atoms with van der Waals surface area (Å²) in [5, 5.41) is 10.5. The quantitative estimate of drug-likeness (QED) is 0.821. The Bertz CT molecular complexity index is 299. The maximum absolute atomic E-state index is 5.54. The van der Waals surface area contributed by atoms with Crippen LogP contribution in [0.25, 0.3) is 0 Å². The van der Waals surface area contributed by atoms with Crippen molar-refractivity contribution in [3.63, 3.8) is 0 Å². The molecular formula is C12H21N3O. The summed E-state index contributed by atoms with van der Waals surface area (Å²) in [5.74, 6) is 0. The molecule has 0 bridgehead atoms. The van der Waals surface area contributed by atoms with E-state index in [1.165, 1.54) is 31.2 Å². The summed E-state index contributed by atoms with van der Waals surface area (Å²) >= 11 is 0. The van der Waals surface area contributed by atoms with Gasteiger partial charge in [0.25, 0.3) is 0 Å². The minimum atomic E-state index is 0.333. The normalized spacial score (nSPS) is 27.9. The molecule has 4 nitrogen and oxygen atoms in total. The monoisotopic (exact) mass is 223 g/mol. The summed E-state index contributed by atoms with van der Waals surface area (Å²) in [6.07, 6.45) is 9.16. The zero-order chi connectivity index (χ0) is 11.4. The number of methoxy groups -OCH3 is 1. The van der Waals surface area contributed by atoms with Gasteiger partial charge in [0, 0.05) is 31.0 Å². The Labute approximate surface area is 96.8 Å². The molecule has 3 atom stereocenters. The highest BCUT2D eigenvalue weighted by molar-refractivity contribution is 5.08. The van der Waals surface area contributed by atoms with Crippen molar-refractivity contribution in [1.82, 2.24) is 15.5 Å². The third kappa shape index (κ3) is 2.62. The Hall–Kier alpha value is -0.870. The van der Waals surface area contributed by atoms with Crippen LogP contribution in [-0.4, -0.2) is 29.5 Å². The average molecular weight is 223 g/mol. The highest BCUT2D eigenvalue weighted by atomic mass is 16.5. The molecule has 90 valence electrons. The second kappa shape index (κ2) is 5.46. The second-order valence-electron chi connectivity index (χ2n) is 4.59. The lowest BCUT2D eigenvalue weighted by atomic mass is 9.91. The zero-order valence-electron chi connectivity index (χ0n) is 10.1. The summed E-state index contributed by atoms with van der Waals surface area (Å²) < 4.78 is 5.54. The molecule has 0 spiro atoms. The van der Waals surface area contributed by atoms with E-state index in [0.717, 1.165) is 0 Å². The van der Waals surface area contributed by atoms with E-state index in [0.29, 0.717) is 18.2 Å². The van der Waals surface area contributed by atoms with Crippen molar-refractivity contribution in [2.75, 3.05) is 7.11 Å². The van der Waals surface area contributed by atoms with Crippen LogP contribution in [0.1, 0.15) is 44.2 Å². The molecule has 16 heavy (non-hydrogen) atoms. The van der Waals surface area contributed by atoms with Gasteiger partial charge < -0.3 is 10.1 Å². The van der Waals surface area contributed by atoms with Gasteiger partial charge in [-0.25, -0.2) is 0 Å². The smallest absolute Gasteiger partial charge is 0.0724 e. The Kier molecular flexibility index (Phi) is 3.96. The van der Waals surface area contributed by atoms with Crippen LogP contribution >= 0.6 is 0 Å². The van der Waals surface area contributed by atoms with E-state index in [4.69, 9.17) is 4.74 Å². The first-order chi connectivity index (χ1) is 7.81. The van der Waals surface area contributed by atoms with Crippen molar-refractivity contribution in [2.45, 2.75) is 50.8 Å². The number of hydrogen-bond donors (Lipinski definition) is 2. The van der Waals surface area contributed by atoms with Crippen molar-refractivity contribution in [2.24, 2.45) is 0 Å². The van der Waals surface area contributed by atoms with E-state index in [2.05, 4.69) is 22.4 Å². The number of rotatable bonds is 4. The van der Waals surface area contributed by atoms with E-state index >= 15 is 0 Å². The number of hydrogen-bond acceptors (Lipinski definition) is 3. The SMILES string of the molecule is COC1CCCCC1NC(C)c1cn[nH]c1. The Morgan fingerprint density at radius 3 is 3.00 bits per heavy atom. The van der Waals surface area contributed by atoms with Crippen LogP contribution in [0.4, 0.5) is 0 Å². The maximum atomic E-state index is 5.54. The van der Waals surface area contributed by atoms with Crippen LogP contribution in [0.2, 0.25) is 0 Å². The third-order valence-electron chi connectivity index (χ3n) is 3.49. The Morgan fingerprint density at radius 1 is 1.50 bits per heavy atom. The standard InChI is InChI=1S/C12H21N3O/c1-9(10-7-13-14-8-10)15-11-5-3-4-6-12(11)16-2/h7-9,11-12,15H,3-6H2,1-2H3,(H,13,14). The van der Waals surface area contributed by atoms with E-state index in [-0.39, 0.29) is 0 Å². The van der Waals surface area contributed by atoms with Crippen molar-refractivity contribution in [3.05, 3.63) is 18.0 Å². The van der Waals surface area contributed by atoms with E-state index in [9.17, 15) is 0 Å². The third-order valence-corrected chi connectivity index (χ3v) is 3.49. The van der Waals surface area contributed by atoms with Gasteiger partial charge in [-0.3, -0.25) is 5.10 Å². The van der Waals surface area contributed by atoms with Crippen LogP contribution in [0.5, 0.6) is 0 Å². The number of aromatic amines is 1. The molecule has 1 heterocycles. The van der Waals surface area contributed by atoms with Gasteiger partial charge in [0.15, 0.2) is 0 Å². The largest absolute Gasteiger partial charge is 0.380 e. The minimum Gasteiger partial charge on any atom is -0.380 e. The van der Waals surface area contributed by atoms with Crippen LogP contribution in [0.15, 0.2) is 12.4 Å². The van der Waals surface area contributed by atoms with E-state index < -0.39 is 0 Å². The molecule has 2 rings (SSSR count). The molecule has 1 aliphatic rings. The van der Waals surface area contributed by atoms with Gasteiger partial charge in [-0.2, -0.15) is 5.10 Å². The van der Waals surface area contributed by atoms with Crippen LogP contribution < -0.4 is 5.32 Å². The molecule has 1 aliphatic carbocycles. The Morgan fingerprint density at radius 2 is 2.31 bits per heavy atom. The molecule has 0 saturated heterocycles. The lowest BCUT2D eigenvalue weighted by Gasteiger charge is -2.33. The molecular weight excluding hydrogens is 202 g/mol. The van der Waals surface area contributed by atoms with Gasteiger partial charge in [0.05, 0.1) is 12.3 Å². The van der Waals surface area contributed by atoms with Gasteiger partial charge in [0.2, 0.25) is 0 Å². The lowest BCUT2D eigenvalue weighted by molar-refractivity contribution is 0.0384. The second-order valence-corrected chi connectivity index (χ2v) is 4.59. The molecule has 1 aromatic heterocycles. The first-order valence-corrected chi connectivity index (χ1v) is 6.08. The summed E-state index contributed by atoms with van der Waals surface area (Å²) in [5.41, 5.74) is 1.21. The van der Waals surface area contributed by atoms with Crippen molar-refractivity contribution in [1.29, 1.82) is 0 Å². The first kappa shape index (κ1) is 11.6. The fraction of sp³-hybridized carbons (Fsp3) is 0.750. The van der Waals surface area contributed by atoms with E-state index in [1.54, 1.807) is 0 Å². The molecule has 0 amide bonds. The maximum Gasteiger partial charge on any atom is 0.0724 e. The molecule has 4 heteroatoms. The molecule has 0 radical (unpaired) electrons. The minimum absolute atomic E-state index is 0.333. The van der Waals surface area contributed by atoms with Crippen molar-refractivity contribution >= 4 is 0 Å². The van der Waals surface area contributed by atoms with Gasteiger partial charge in [-0.05, 0) is 19.8 Å². The summed E-state index contributed by atoms with van der Waals surface area (Å²) in [7, 11) is 1.81. The molecule has 3 unspecified atom stereocenters. The highest BCUT2D eigenvalue weighted by Crippen LogP contribution is 2.23.